The predicted molar refractivity (Wildman–Crippen MR) is 66.2 cm³/mol. The Labute approximate surface area is 107 Å². The minimum absolute atomic E-state index is 0.255. The Hall–Kier alpha value is -1.73. The number of nitrogens with one attached hydrogen (secondary N) is 1. The van der Waals surface area contributed by atoms with E-state index in [4.69, 9.17) is 14.7 Å². The van der Waals surface area contributed by atoms with Crippen LogP contribution in [0, 0.1) is 16.7 Å². The van der Waals surface area contributed by atoms with Crippen LogP contribution in [0.25, 0.3) is 0 Å². The molecule has 94 valence electrons. The van der Waals surface area contributed by atoms with E-state index >= 15 is 0 Å². The maximum atomic E-state index is 8.76. The Bertz CT molecular complexity index is 489. The molecule has 0 aromatic heterocycles. The standard InChI is InChI=1S/C14H16N2O2/c15-6-5-14(3-4-14)9-16-8-11-1-2-12-13(7-11)18-10-17-12/h1-2,7,16H,3-5,8-10H2. The van der Waals surface area contributed by atoms with Gasteiger partial charge in [0.25, 0.3) is 0 Å². The fraction of sp³-hybridized carbons (Fsp3) is 0.500. The molecule has 18 heavy (non-hydrogen) atoms. The van der Waals surface area contributed by atoms with Gasteiger partial charge in [-0.2, -0.15) is 5.26 Å². The van der Waals surface area contributed by atoms with Crippen LogP contribution in [0.2, 0.25) is 0 Å². The highest BCUT2D eigenvalue weighted by atomic mass is 16.7. The molecule has 1 heterocycles. The van der Waals surface area contributed by atoms with Gasteiger partial charge in [-0.05, 0) is 36.0 Å². The quantitative estimate of drug-likeness (QED) is 0.862. The second-order valence-electron chi connectivity index (χ2n) is 5.13. The SMILES string of the molecule is N#CCC1(CNCc2ccc3c(c2)OCO3)CC1. The van der Waals surface area contributed by atoms with Crippen molar-refractivity contribution in [3.63, 3.8) is 0 Å². The van der Waals surface area contributed by atoms with Crippen molar-refractivity contribution in [2.75, 3.05) is 13.3 Å². The summed E-state index contributed by atoms with van der Waals surface area (Å²) in [6.45, 7) is 2.05. The summed E-state index contributed by atoms with van der Waals surface area (Å²) in [6, 6.07) is 8.28. The minimum atomic E-state index is 0.255. The van der Waals surface area contributed by atoms with Crippen LogP contribution in [0.15, 0.2) is 18.2 Å². The maximum Gasteiger partial charge on any atom is 0.231 e. The van der Waals surface area contributed by atoms with Gasteiger partial charge < -0.3 is 14.8 Å². The molecular formula is C14H16N2O2. The van der Waals surface area contributed by atoms with Crippen LogP contribution in [-0.4, -0.2) is 13.3 Å². The molecule has 1 aromatic carbocycles. The average molecular weight is 244 g/mol. The van der Waals surface area contributed by atoms with Crippen molar-refractivity contribution in [2.45, 2.75) is 25.8 Å². The molecule has 4 nitrogen and oxygen atoms in total. The van der Waals surface area contributed by atoms with Crippen molar-refractivity contribution in [2.24, 2.45) is 5.41 Å². The molecule has 0 amide bonds. The number of hydrogen-bond donors (Lipinski definition) is 1. The lowest BCUT2D eigenvalue weighted by Gasteiger charge is -2.12. The third kappa shape index (κ3) is 2.27. The maximum absolute atomic E-state index is 8.76. The van der Waals surface area contributed by atoms with Crippen LogP contribution in [0.1, 0.15) is 24.8 Å². The summed E-state index contributed by atoms with van der Waals surface area (Å²) >= 11 is 0. The van der Waals surface area contributed by atoms with E-state index in [1.165, 1.54) is 18.4 Å². The number of ether oxygens (including phenoxy) is 2. The van der Waals surface area contributed by atoms with Gasteiger partial charge in [0.2, 0.25) is 6.79 Å². The number of nitrogens with zero attached hydrogens (tertiary/aromatic N) is 1. The van der Waals surface area contributed by atoms with Gasteiger partial charge in [-0.25, -0.2) is 0 Å². The van der Waals surface area contributed by atoms with Crippen molar-refractivity contribution in [1.82, 2.24) is 5.32 Å². The lowest BCUT2D eigenvalue weighted by molar-refractivity contribution is 0.174. The summed E-state index contributed by atoms with van der Waals surface area (Å²) in [5.41, 5.74) is 1.44. The molecule has 0 atom stereocenters. The van der Waals surface area contributed by atoms with Crippen LogP contribution >= 0.6 is 0 Å². The van der Waals surface area contributed by atoms with E-state index in [0.717, 1.165) is 24.6 Å². The van der Waals surface area contributed by atoms with E-state index in [1.807, 2.05) is 18.2 Å². The highest BCUT2D eigenvalue weighted by Crippen LogP contribution is 2.47. The highest BCUT2D eigenvalue weighted by Gasteiger charge is 2.41. The normalized spacial score (nSPS) is 18.4. The largest absolute Gasteiger partial charge is 0.454 e. The smallest absolute Gasteiger partial charge is 0.231 e. The van der Waals surface area contributed by atoms with Crippen LogP contribution in [0.3, 0.4) is 0 Å². The van der Waals surface area contributed by atoms with Crippen molar-refractivity contribution in [3.8, 4) is 17.6 Å². The van der Waals surface area contributed by atoms with Crippen LogP contribution < -0.4 is 14.8 Å². The molecule has 1 N–H and O–H groups in total. The third-order valence-corrected chi connectivity index (χ3v) is 3.68. The summed E-state index contributed by atoms with van der Waals surface area (Å²) in [7, 11) is 0. The summed E-state index contributed by atoms with van der Waals surface area (Å²) in [6.07, 6.45) is 3.02. The van der Waals surface area contributed by atoms with Crippen molar-refractivity contribution in [1.29, 1.82) is 5.26 Å². The van der Waals surface area contributed by atoms with E-state index in [-0.39, 0.29) is 5.41 Å². The summed E-state index contributed by atoms with van der Waals surface area (Å²) in [5, 5.41) is 12.2. The third-order valence-electron chi connectivity index (χ3n) is 3.68. The Morgan fingerprint density at radius 2 is 2.11 bits per heavy atom. The molecule has 0 saturated heterocycles. The number of nitriles is 1. The molecule has 0 bridgehead atoms. The summed E-state index contributed by atoms with van der Waals surface area (Å²) < 4.78 is 10.6. The average Bonchev–Trinajstić information content (AvgIpc) is 2.97. The Balaban J connectivity index is 1.53. The van der Waals surface area contributed by atoms with Crippen LogP contribution in [-0.2, 0) is 6.54 Å². The minimum Gasteiger partial charge on any atom is -0.454 e. The van der Waals surface area contributed by atoms with Gasteiger partial charge in [-0.3, -0.25) is 0 Å². The lowest BCUT2D eigenvalue weighted by atomic mass is 10.0. The van der Waals surface area contributed by atoms with Gasteiger partial charge in [-0.15, -0.1) is 0 Å². The molecule has 0 spiro atoms. The molecule has 1 saturated carbocycles. The van der Waals surface area contributed by atoms with Gasteiger partial charge in [0.1, 0.15) is 0 Å². The van der Waals surface area contributed by atoms with Crippen molar-refractivity contribution >= 4 is 0 Å². The van der Waals surface area contributed by atoms with E-state index in [1.54, 1.807) is 0 Å². The molecule has 1 aliphatic heterocycles. The molecule has 4 heteroatoms. The van der Waals surface area contributed by atoms with Gasteiger partial charge >= 0.3 is 0 Å². The number of hydrogen-bond acceptors (Lipinski definition) is 4. The zero-order chi connectivity index (χ0) is 12.4. The topological polar surface area (TPSA) is 54.3 Å². The molecule has 0 unspecified atom stereocenters. The summed E-state index contributed by atoms with van der Waals surface area (Å²) in [5.74, 6) is 1.65. The van der Waals surface area contributed by atoms with E-state index in [0.29, 0.717) is 13.2 Å². The first kappa shape index (κ1) is 11.4. The first-order valence-corrected chi connectivity index (χ1v) is 6.28. The van der Waals surface area contributed by atoms with Gasteiger partial charge in [-0.1, -0.05) is 6.07 Å². The van der Waals surface area contributed by atoms with Gasteiger partial charge in [0.05, 0.1) is 6.07 Å². The fourth-order valence-electron chi connectivity index (χ4n) is 2.28. The van der Waals surface area contributed by atoms with E-state index in [9.17, 15) is 0 Å². The number of rotatable bonds is 5. The lowest BCUT2D eigenvalue weighted by Crippen LogP contribution is -2.23. The molecule has 0 radical (unpaired) electrons. The van der Waals surface area contributed by atoms with Gasteiger partial charge in [0, 0.05) is 19.5 Å². The molecular weight excluding hydrogens is 228 g/mol. The molecule has 3 rings (SSSR count). The zero-order valence-corrected chi connectivity index (χ0v) is 10.2. The Morgan fingerprint density at radius 1 is 1.28 bits per heavy atom. The van der Waals surface area contributed by atoms with Crippen molar-refractivity contribution in [3.05, 3.63) is 23.8 Å². The number of fused-ring (bicyclic) bond motifs is 1. The fourth-order valence-corrected chi connectivity index (χ4v) is 2.28. The van der Waals surface area contributed by atoms with Crippen molar-refractivity contribution < 1.29 is 9.47 Å². The second-order valence-corrected chi connectivity index (χ2v) is 5.13. The predicted octanol–water partition coefficient (Wildman–Crippen LogP) is 2.20. The molecule has 1 aromatic rings. The van der Waals surface area contributed by atoms with Crippen LogP contribution in [0.5, 0.6) is 11.5 Å². The Kier molecular flexibility index (Phi) is 2.85. The summed E-state index contributed by atoms with van der Waals surface area (Å²) in [4.78, 5) is 0. The molecule has 1 aliphatic carbocycles. The molecule has 1 fully saturated rings. The van der Waals surface area contributed by atoms with Gasteiger partial charge in [0.15, 0.2) is 11.5 Å². The number of benzene rings is 1. The van der Waals surface area contributed by atoms with E-state index in [2.05, 4.69) is 11.4 Å². The monoisotopic (exact) mass is 244 g/mol. The van der Waals surface area contributed by atoms with Crippen LogP contribution in [0.4, 0.5) is 0 Å². The first-order valence-electron chi connectivity index (χ1n) is 6.28. The second kappa shape index (κ2) is 4.51. The van der Waals surface area contributed by atoms with E-state index < -0.39 is 0 Å². The molecule has 2 aliphatic rings. The zero-order valence-electron chi connectivity index (χ0n) is 10.2. The Morgan fingerprint density at radius 3 is 2.89 bits per heavy atom. The first-order chi connectivity index (χ1) is 8.81. The highest BCUT2D eigenvalue weighted by molar-refractivity contribution is 5.44.